The molecule has 1 fully saturated rings. The largest absolute Gasteiger partial charge is 0.370 e. The van der Waals surface area contributed by atoms with Crippen LogP contribution in [0.5, 0.6) is 0 Å². The third kappa shape index (κ3) is 2.17. The first-order valence-corrected chi connectivity index (χ1v) is 6.38. The summed E-state index contributed by atoms with van der Waals surface area (Å²) in [6.45, 7) is 4.17. The van der Waals surface area contributed by atoms with Gasteiger partial charge in [0.05, 0.1) is 12.2 Å². The summed E-state index contributed by atoms with van der Waals surface area (Å²) in [6, 6.07) is 6.36. The van der Waals surface area contributed by atoms with E-state index in [9.17, 15) is 0 Å². The summed E-state index contributed by atoms with van der Waals surface area (Å²) in [6.07, 6.45) is 4.45. The van der Waals surface area contributed by atoms with Gasteiger partial charge in [0.1, 0.15) is 11.9 Å². The molecule has 17 heavy (non-hydrogen) atoms. The zero-order chi connectivity index (χ0) is 11.5. The van der Waals surface area contributed by atoms with Gasteiger partial charge >= 0.3 is 0 Å². The molecule has 1 unspecified atom stereocenters. The Balaban J connectivity index is 1.90. The van der Waals surface area contributed by atoms with Gasteiger partial charge in [0.25, 0.3) is 0 Å². The van der Waals surface area contributed by atoms with Crippen LogP contribution < -0.4 is 5.32 Å². The fourth-order valence-electron chi connectivity index (χ4n) is 2.64. The maximum Gasteiger partial charge on any atom is 0.120 e. The van der Waals surface area contributed by atoms with E-state index in [4.69, 9.17) is 0 Å². The van der Waals surface area contributed by atoms with Gasteiger partial charge in [-0.3, -0.25) is 14.9 Å². The highest BCUT2D eigenvalue weighted by molar-refractivity contribution is 5.89. The van der Waals surface area contributed by atoms with Crippen molar-refractivity contribution < 1.29 is 0 Å². The minimum absolute atomic E-state index is 0.237. The quantitative estimate of drug-likeness (QED) is 0.849. The van der Waals surface area contributed by atoms with E-state index < -0.39 is 0 Å². The molecule has 1 N–H and O–H groups in total. The van der Waals surface area contributed by atoms with E-state index in [0.29, 0.717) is 0 Å². The molecule has 2 aliphatic rings. The average molecular weight is 230 g/mol. The number of rotatable bonds is 3. The summed E-state index contributed by atoms with van der Waals surface area (Å²) < 4.78 is 0. The predicted octanol–water partition coefficient (Wildman–Crippen LogP) is 1.22. The van der Waals surface area contributed by atoms with E-state index in [-0.39, 0.29) is 6.04 Å². The van der Waals surface area contributed by atoms with Crippen LogP contribution in [0.2, 0.25) is 0 Å². The Morgan fingerprint density at radius 2 is 2.12 bits per heavy atom. The topological polar surface area (TPSA) is 40.5 Å². The summed E-state index contributed by atoms with van der Waals surface area (Å²) in [5.74, 6) is 1.10. The van der Waals surface area contributed by atoms with Crippen molar-refractivity contribution in [3.05, 3.63) is 30.1 Å². The minimum atomic E-state index is 0.237. The molecule has 0 saturated carbocycles. The van der Waals surface area contributed by atoms with Gasteiger partial charge in [-0.2, -0.15) is 0 Å². The fourth-order valence-corrected chi connectivity index (χ4v) is 2.64. The van der Waals surface area contributed by atoms with E-state index in [0.717, 1.165) is 37.7 Å². The van der Waals surface area contributed by atoms with Gasteiger partial charge in [0.2, 0.25) is 0 Å². The molecule has 0 bridgehead atoms. The lowest BCUT2D eigenvalue weighted by Crippen LogP contribution is -2.37. The van der Waals surface area contributed by atoms with E-state index >= 15 is 0 Å². The number of likely N-dealkylation sites (tertiary alicyclic amines) is 1. The number of nitrogens with zero attached hydrogens (tertiary/aromatic N) is 3. The molecule has 0 radical (unpaired) electrons. The molecule has 4 nitrogen and oxygen atoms in total. The summed E-state index contributed by atoms with van der Waals surface area (Å²) in [7, 11) is 0. The van der Waals surface area contributed by atoms with Crippen LogP contribution in [-0.2, 0) is 0 Å². The van der Waals surface area contributed by atoms with Crippen LogP contribution in [0.1, 0.15) is 24.6 Å². The molecule has 1 aromatic heterocycles. The van der Waals surface area contributed by atoms with E-state index in [1.165, 1.54) is 12.8 Å². The Morgan fingerprint density at radius 1 is 1.24 bits per heavy atom. The Labute approximate surface area is 102 Å². The molecule has 0 aliphatic carbocycles. The number of hydrogen-bond acceptors (Lipinski definition) is 4. The van der Waals surface area contributed by atoms with Crippen LogP contribution in [0, 0.1) is 0 Å². The van der Waals surface area contributed by atoms with Crippen molar-refractivity contribution in [3.63, 3.8) is 0 Å². The van der Waals surface area contributed by atoms with Crippen LogP contribution in [0.25, 0.3) is 0 Å². The third-order valence-corrected chi connectivity index (χ3v) is 3.43. The van der Waals surface area contributed by atoms with Crippen LogP contribution in [0.4, 0.5) is 0 Å². The van der Waals surface area contributed by atoms with Crippen LogP contribution in [0.15, 0.2) is 29.4 Å². The molecule has 3 heterocycles. The maximum absolute atomic E-state index is 4.58. The second kappa shape index (κ2) is 4.84. The smallest absolute Gasteiger partial charge is 0.120 e. The van der Waals surface area contributed by atoms with Crippen molar-refractivity contribution in [1.82, 2.24) is 15.2 Å². The van der Waals surface area contributed by atoms with Crippen LogP contribution in [-0.4, -0.2) is 41.9 Å². The molecule has 4 heteroatoms. The van der Waals surface area contributed by atoms with Crippen molar-refractivity contribution in [1.29, 1.82) is 0 Å². The first kappa shape index (κ1) is 10.7. The van der Waals surface area contributed by atoms with Gasteiger partial charge in [-0.1, -0.05) is 6.07 Å². The zero-order valence-corrected chi connectivity index (χ0v) is 9.97. The third-order valence-electron chi connectivity index (χ3n) is 3.43. The summed E-state index contributed by atoms with van der Waals surface area (Å²) in [4.78, 5) is 11.6. The molecule has 2 aliphatic heterocycles. The van der Waals surface area contributed by atoms with Crippen LogP contribution in [0.3, 0.4) is 0 Å². The molecule has 0 aromatic carbocycles. The second-order valence-electron chi connectivity index (χ2n) is 4.59. The number of pyridine rings is 1. The summed E-state index contributed by atoms with van der Waals surface area (Å²) in [5.41, 5.74) is 1.11. The number of amidine groups is 1. The van der Waals surface area contributed by atoms with Gasteiger partial charge in [-0.15, -0.1) is 0 Å². The lowest BCUT2D eigenvalue weighted by Gasteiger charge is -2.27. The molecule has 90 valence electrons. The highest BCUT2D eigenvalue weighted by Gasteiger charge is 2.29. The van der Waals surface area contributed by atoms with Crippen molar-refractivity contribution in [2.24, 2.45) is 4.99 Å². The zero-order valence-electron chi connectivity index (χ0n) is 9.97. The summed E-state index contributed by atoms with van der Waals surface area (Å²) in [5, 5.41) is 3.40. The molecule has 1 aromatic rings. The number of nitrogens with one attached hydrogen (secondary N) is 1. The molecule has 3 rings (SSSR count). The van der Waals surface area contributed by atoms with Gasteiger partial charge in [0, 0.05) is 12.7 Å². The molecule has 0 amide bonds. The first-order valence-electron chi connectivity index (χ1n) is 6.38. The maximum atomic E-state index is 4.58. The summed E-state index contributed by atoms with van der Waals surface area (Å²) >= 11 is 0. The SMILES string of the molecule is c1ccc(C(C2=NCCN2)N2CCCC2)nc1. The minimum Gasteiger partial charge on any atom is -0.370 e. The fraction of sp³-hybridized carbons (Fsp3) is 0.538. The highest BCUT2D eigenvalue weighted by atomic mass is 15.2. The van der Waals surface area contributed by atoms with Crippen molar-refractivity contribution in [2.45, 2.75) is 18.9 Å². The monoisotopic (exact) mass is 230 g/mol. The average Bonchev–Trinajstić information content (AvgIpc) is 3.04. The van der Waals surface area contributed by atoms with E-state index in [1.54, 1.807) is 0 Å². The predicted molar refractivity (Wildman–Crippen MR) is 68.1 cm³/mol. The molecule has 0 spiro atoms. The Bertz CT molecular complexity index is 395. The van der Waals surface area contributed by atoms with E-state index in [1.807, 2.05) is 12.3 Å². The van der Waals surface area contributed by atoms with Gasteiger partial charge < -0.3 is 5.32 Å². The second-order valence-corrected chi connectivity index (χ2v) is 4.59. The number of aromatic nitrogens is 1. The first-order chi connectivity index (χ1) is 8.45. The normalized spacial score (nSPS) is 22.2. The highest BCUT2D eigenvalue weighted by Crippen LogP contribution is 2.25. The van der Waals surface area contributed by atoms with Crippen molar-refractivity contribution in [2.75, 3.05) is 26.2 Å². The number of hydrogen-bond donors (Lipinski definition) is 1. The molecular formula is C13H18N4. The van der Waals surface area contributed by atoms with Gasteiger partial charge in [-0.05, 0) is 38.1 Å². The Morgan fingerprint density at radius 3 is 2.76 bits per heavy atom. The van der Waals surface area contributed by atoms with E-state index in [2.05, 4.69) is 32.3 Å². The Kier molecular flexibility index (Phi) is 3.05. The van der Waals surface area contributed by atoms with Gasteiger partial charge in [-0.25, -0.2) is 0 Å². The van der Waals surface area contributed by atoms with Crippen molar-refractivity contribution >= 4 is 5.84 Å². The number of aliphatic imine (C=N–C) groups is 1. The molecule has 1 saturated heterocycles. The standard InChI is InChI=1S/C13H18N4/c1-2-6-14-11(5-1)12(13-15-7-8-16-13)17-9-3-4-10-17/h1-2,5-6,12H,3-4,7-10H2,(H,15,16). The van der Waals surface area contributed by atoms with Crippen LogP contribution >= 0.6 is 0 Å². The molecule has 1 atom stereocenters. The van der Waals surface area contributed by atoms with Crippen molar-refractivity contribution in [3.8, 4) is 0 Å². The lowest BCUT2D eigenvalue weighted by molar-refractivity contribution is 0.296. The lowest BCUT2D eigenvalue weighted by atomic mass is 10.1. The van der Waals surface area contributed by atoms with Gasteiger partial charge in [0.15, 0.2) is 0 Å². The Hall–Kier alpha value is -1.42. The molecular weight excluding hydrogens is 212 g/mol.